The van der Waals surface area contributed by atoms with Crippen molar-refractivity contribution >= 4 is 35.0 Å². The molecule has 4 N–H and O–H groups in total. The van der Waals surface area contributed by atoms with E-state index in [0.717, 1.165) is 0 Å². The summed E-state index contributed by atoms with van der Waals surface area (Å²) >= 11 is 6.35. The second-order valence-electron chi connectivity index (χ2n) is 8.88. The van der Waals surface area contributed by atoms with Gasteiger partial charge in [0.25, 0.3) is 0 Å². The number of carbonyl (C=O) groups is 3. The van der Waals surface area contributed by atoms with Gasteiger partial charge in [-0.05, 0) is 36.6 Å². The average Bonchev–Trinajstić information content (AvgIpc) is 3.38. The highest BCUT2D eigenvalue weighted by atomic mass is 35.5. The lowest BCUT2D eigenvalue weighted by atomic mass is 9.76. The molecule has 0 aromatic heterocycles. The number of nitrogens with zero attached hydrogens (tertiary/aromatic N) is 1. The monoisotopic (exact) mass is 485 g/mol. The lowest BCUT2D eigenvalue weighted by molar-refractivity contribution is -0.143. The summed E-state index contributed by atoms with van der Waals surface area (Å²) in [5, 5.41) is 26.1. The van der Waals surface area contributed by atoms with Crippen LogP contribution >= 0.6 is 11.6 Å². The van der Waals surface area contributed by atoms with Crippen LogP contribution in [0.1, 0.15) is 17.5 Å². The van der Waals surface area contributed by atoms with Crippen LogP contribution in [0.3, 0.4) is 0 Å². The maximum Gasteiger partial charge on any atom is 0.250 e. The number of carbonyl (C=O) groups excluding carboxylic acids is 3. The number of amides is 3. The Morgan fingerprint density at radius 1 is 1.12 bits per heavy atom. The molecule has 1 spiro atoms. The van der Waals surface area contributed by atoms with Crippen molar-refractivity contribution < 1.29 is 29.3 Å². The number of aromatic hydroxyl groups is 2. The Morgan fingerprint density at radius 2 is 1.91 bits per heavy atom. The van der Waals surface area contributed by atoms with E-state index in [1.807, 2.05) is 0 Å². The zero-order valence-electron chi connectivity index (χ0n) is 18.4. The van der Waals surface area contributed by atoms with E-state index in [0.29, 0.717) is 34.9 Å². The van der Waals surface area contributed by atoms with Gasteiger partial charge in [-0.25, -0.2) is 0 Å². The molecule has 34 heavy (non-hydrogen) atoms. The Kier molecular flexibility index (Phi) is 5.50. The minimum Gasteiger partial charge on any atom is -0.504 e. The van der Waals surface area contributed by atoms with Crippen molar-refractivity contribution in [3.63, 3.8) is 0 Å². The van der Waals surface area contributed by atoms with Crippen molar-refractivity contribution in [3.05, 3.63) is 52.5 Å². The molecule has 0 bridgehead atoms. The van der Waals surface area contributed by atoms with Crippen molar-refractivity contribution in [2.45, 2.75) is 24.4 Å². The number of halogens is 1. The number of imide groups is 1. The lowest BCUT2D eigenvalue weighted by Gasteiger charge is -2.29. The first-order valence-electron chi connectivity index (χ1n) is 11.0. The maximum absolute atomic E-state index is 13.6. The van der Waals surface area contributed by atoms with E-state index in [4.69, 9.17) is 16.3 Å². The van der Waals surface area contributed by atoms with Gasteiger partial charge < -0.3 is 20.3 Å². The highest BCUT2D eigenvalue weighted by Gasteiger charge is 2.70. The third-order valence-electron chi connectivity index (χ3n) is 7.02. The molecule has 3 heterocycles. The number of methoxy groups -OCH3 is 1. The second-order valence-corrected chi connectivity index (χ2v) is 9.29. The Labute approximate surface area is 200 Å². The minimum absolute atomic E-state index is 0.200. The first-order chi connectivity index (χ1) is 16.3. The van der Waals surface area contributed by atoms with E-state index in [9.17, 15) is 24.6 Å². The SMILES string of the molecule is COCCCN1C(=O)[C@@H]2[C@H](Cc3ccc(O)c(O)c3)N[C@]3(C(=O)Nc4c(Cl)cccc43)[C@H]2C1=O. The number of benzene rings is 2. The van der Waals surface area contributed by atoms with Gasteiger partial charge in [0.2, 0.25) is 17.7 Å². The number of hydrogen-bond acceptors (Lipinski definition) is 7. The number of hydrogen-bond donors (Lipinski definition) is 4. The van der Waals surface area contributed by atoms with Crippen LogP contribution in [0.15, 0.2) is 36.4 Å². The summed E-state index contributed by atoms with van der Waals surface area (Å²) in [5.74, 6) is -3.45. The summed E-state index contributed by atoms with van der Waals surface area (Å²) in [4.78, 5) is 41.8. The summed E-state index contributed by atoms with van der Waals surface area (Å²) in [6.07, 6.45) is 0.740. The topological polar surface area (TPSA) is 128 Å². The number of ether oxygens (including phenoxy) is 1. The van der Waals surface area contributed by atoms with Gasteiger partial charge in [-0.1, -0.05) is 29.8 Å². The van der Waals surface area contributed by atoms with E-state index >= 15 is 0 Å². The zero-order chi connectivity index (χ0) is 24.2. The maximum atomic E-state index is 13.6. The normalized spacial score (nSPS) is 27.4. The van der Waals surface area contributed by atoms with E-state index in [1.165, 1.54) is 17.0 Å². The van der Waals surface area contributed by atoms with Gasteiger partial charge in [0.15, 0.2) is 11.5 Å². The van der Waals surface area contributed by atoms with Gasteiger partial charge in [-0.3, -0.25) is 24.6 Å². The predicted octanol–water partition coefficient (Wildman–Crippen LogP) is 1.75. The Hall–Kier alpha value is -3.14. The van der Waals surface area contributed by atoms with Gasteiger partial charge in [0.1, 0.15) is 5.54 Å². The Morgan fingerprint density at radius 3 is 2.65 bits per heavy atom. The number of likely N-dealkylation sites (tertiary alicyclic amines) is 1. The summed E-state index contributed by atoms with van der Waals surface area (Å²) in [6.45, 7) is 0.594. The van der Waals surface area contributed by atoms with Crippen LogP contribution in [0.25, 0.3) is 0 Å². The van der Waals surface area contributed by atoms with Gasteiger partial charge in [0, 0.05) is 31.9 Å². The van der Waals surface area contributed by atoms with Crippen LogP contribution in [0, 0.1) is 11.8 Å². The Balaban J connectivity index is 1.58. The highest BCUT2D eigenvalue weighted by molar-refractivity contribution is 6.35. The first-order valence-corrected chi connectivity index (χ1v) is 11.4. The molecular formula is C24H24ClN3O6. The van der Waals surface area contributed by atoms with Gasteiger partial charge in [-0.2, -0.15) is 0 Å². The molecule has 5 rings (SSSR count). The highest BCUT2D eigenvalue weighted by Crippen LogP contribution is 2.54. The molecule has 2 aromatic carbocycles. The molecule has 0 aliphatic carbocycles. The van der Waals surface area contributed by atoms with E-state index < -0.39 is 35.2 Å². The summed E-state index contributed by atoms with van der Waals surface area (Å²) in [7, 11) is 1.55. The van der Waals surface area contributed by atoms with Gasteiger partial charge in [0.05, 0.1) is 22.5 Å². The second kappa shape index (κ2) is 8.26. The molecule has 9 nitrogen and oxygen atoms in total. The van der Waals surface area contributed by atoms with Crippen molar-refractivity contribution in [1.82, 2.24) is 10.2 Å². The van der Waals surface area contributed by atoms with Crippen LogP contribution in [0.5, 0.6) is 11.5 Å². The van der Waals surface area contributed by atoms with Crippen molar-refractivity contribution in [3.8, 4) is 11.5 Å². The average molecular weight is 486 g/mol. The van der Waals surface area contributed by atoms with E-state index in [-0.39, 0.29) is 30.4 Å². The smallest absolute Gasteiger partial charge is 0.250 e. The van der Waals surface area contributed by atoms with E-state index in [1.54, 1.807) is 31.4 Å². The standard InChI is InChI=1S/C24H24ClN3O6/c1-34-9-3-8-28-21(31)18-15(10-12-6-7-16(29)17(30)11-12)27-24(19(18)22(28)32)13-4-2-5-14(25)20(13)26-23(24)33/h2,4-7,11,15,18-19,27,29-30H,3,8-10H2,1H3,(H,26,33)/t15-,18+,19+,24-/m0/s1. The fraction of sp³-hybridized carbons (Fsp3) is 0.375. The molecule has 2 aromatic rings. The number of phenols is 2. The summed E-state index contributed by atoms with van der Waals surface area (Å²) in [6, 6.07) is 8.94. The van der Waals surface area contributed by atoms with E-state index in [2.05, 4.69) is 10.6 Å². The van der Waals surface area contributed by atoms with Crippen LogP contribution in [-0.2, 0) is 31.1 Å². The molecule has 3 aliphatic heterocycles. The number of phenolic OH excluding ortho intramolecular Hbond substituents is 2. The third-order valence-corrected chi connectivity index (χ3v) is 7.33. The van der Waals surface area contributed by atoms with Crippen molar-refractivity contribution in [1.29, 1.82) is 0 Å². The van der Waals surface area contributed by atoms with Gasteiger partial charge >= 0.3 is 0 Å². The van der Waals surface area contributed by atoms with Crippen LogP contribution in [0.4, 0.5) is 5.69 Å². The molecule has 178 valence electrons. The van der Waals surface area contributed by atoms with Crippen LogP contribution < -0.4 is 10.6 Å². The quantitative estimate of drug-likeness (QED) is 0.279. The molecule has 2 fully saturated rings. The lowest BCUT2D eigenvalue weighted by Crippen LogP contribution is -2.53. The largest absolute Gasteiger partial charge is 0.504 e. The molecule has 10 heteroatoms. The molecular weight excluding hydrogens is 462 g/mol. The van der Waals surface area contributed by atoms with Crippen LogP contribution in [-0.4, -0.2) is 59.1 Å². The van der Waals surface area contributed by atoms with Crippen molar-refractivity contribution in [2.24, 2.45) is 11.8 Å². The number of fused-ring (bicyclic) bond motifs is 4. The zero-order valence-corrected chi connectivity index (χ0v) is 19.1. The molecule has 0 radical (unpaired) electrons. The number of para-hydroxylation sites is 1. The fourth-order valence-electron chi connectivity index (χ4n) is 5.57. The summed E-state index contributed by atoms with van der Waals surface area (Å²) in [5.41, 5.74) is 0.167. The molecule has 3 amide bonds. The molecule has 0 unspecified atom stereocenters. The first kappa shape index (κ1) is 22.6. The van der Waals surface area contributed by atoms with Crippen LogP contribution in [0.2, 0.25) is 5.02 Å². The Bertz CT molecular complexity index is 1200. The number of rotatable bonds is 6. The number of nitrogens with one attached hydrogen (secondary N) is 2. The summed E-state index contributed by atoms with van der Waals surface area (Å²) < 4.78 is 5.07. The van der Waals surface area contributed by atoms with Crippen molar-refractivity contribution in [2.75, 3.05) is 25.6 Å². The molecule has 0 saturated carbocycles. The fourth-order valence-corrected chi connectivity index (χ4v) is 5.79. The third kappa shape index (κ3) is 3.19. The van der Waals surface area contributed by atoms with Gasteiger partial charge in [-0.15, -0.1) is 0 Å². The molecule has 4 atom stereocenters. The molecule has 2 saturated heterocycles. The predicted molar refractivity (Wildman–Crippen MR) is 122 cm³/mol. The number of anilines is 1. The molecule has 3 aliphatic rings. The minimum atomic E-state index is -1.45.